The van der Waals surface area contributed by atoms with E-state index < -0.39 is 0 Å². The third-order valence-corrected chi connectivity index (χ3v) is 3.38. The lowest BCUT2D eigenvalue weighted by Crippen LogP contribution is -2.35. The maximum atomic E-state index is 5.32. The minimum absolute atomic E-state index is 0.726. The van der Waals surface area contributed by atoms with Crippen molar-refractivity contribution in [2.45, 2.75) is 38.1 Å². The molecule has 0 spiro atoms. The topological polar surface area (TPSA) is 21.3 Å². The van der Waals surface area contributed by atoms with Crippen LogP contribution in [0.3, 0.4) is 0 Å². The highest BCUT2D eigenvalue weighted by Crippen LogP contribution is 2.07. The van der Waals surface area contributed by atoms with Crippen LogP contribution in [0.25, 0.3) is 0 Å². The average molecular weight is 217 g/mol. The zero-order valence-electron chi connectivity index (χ0n) is 9.26. The molecule has 0 aromatic rings. The first-order valence-corrected chi connectivity index (χ1v) is 7.13. The van der Waals surface area contributed by atoms with Crippen LogP contribution >= 0.6 is 11.8 Å². The number of thioether (sulfide) groups is 1. The summed E-state index contributed by atoms with van der Waals surface area (Å²) in [4.78, 5) is 0. The van der Waals surface area contributed by atoms with E-state index in [0.29, 0.717) is 0 Å². The van der Waals surface area contributed by atoms with Gasteiger partial charge in [0.05, 0.1) is 0 Å². The molecule has 84 valence electrons. The largest absolute Gasteiger partial charge is 0.381 e. The maximum absolute atomic E-state index is 5.32. The molecule has 1 aliphatic heterocycles. The van der Waals surface area contributed by atoms with Gasteiger partial charge in [0.15, 0.2) is 0 Å². The second-order valence-corrected chi connectivity index (χ2v) is 4.88. The van der Waals surface area contributed by atoms with Gasteiger partial charge >= 0.3 is 0 Å². The second-order valence-electron chi connectivity index (χ2n) is 3.89. The highest BCUT2D eigenvalue weighted by molar-refractivity contribution is 7.98. The molecule has 2 nitrogen and oxygen atoms in total. The maximum Gasteiger partial charge on any atom is 0.0480 e. The predicted molar refractivity (Wildman–Crippen MR) is 64.1 cm³/mol. The van der Waals surface area contributed by atoms with Gasteiger partial charge in [0.1, 0.15) is 0 Å². The summed E-state index contributed by atoms with van der Waals surface area (Å²) in [5.74, 6) is 1.32. The molecule has 1 rings (SSSR count). The molecule has 1 N–H and O–H groups in total. The van der Waals surface area contributed by atoms with E-state index in [1.165, 1.54) is 44.4 Å². The Hall–Kier alpha value is 0.270. The monoisotopic (exact) mass is 217 g/mol. The van der Waals surface area contributed by atoms with Gasteiger partial charge in [-0.2, -0.15) is 11.8 Å². The van der Waals surface area contributed by atoms with Gasteiger partial charge < -0.3 is 10.1 Å². The number of rotatable bonds is 7. The van der Waals surface area contributed by atoms with Gasteiger partial charge in [-0.05, 0) is 44.2 Å². The van der Waals surface area contributed by atoms with Crippen LogP contribution in [-0.2, 0) is 4.74 Å². The van der Waals surface area contributed by atoms with E-state index in [2.05, 4.69) is 11.6 Å². The fraction of sp³-hybridized carbons (Fsp3) is 1.00. The summed E-state index contributed by atoms with van der Waals surface area (Å²) >= 11 is 1.95. The minimum atomic E-state index is 0.726. The molecule has 1 fully saturated rings. The number of hydrogen-bond donors (Lipinski definition) is 1. The van der Waals surface area contributed by atoms with E-state index in [4.69, 9.17) is 4.74 Å². The molecule has 0 bridgehead atoms. The lowest BCUT2D eigenvalue weighted by Gasteiger charge is -2.23. The van der Waals surface area contributed by atoms with Crippen LogP contribution in [0.2, 0.25) is 0 Å². The molecular weight excluding hydrogens is 194 g/mol. The standard InChI is InChI=1S/C11H23NOS/c1-14-10-4-2-3-7-12-11-5-8-13-9-6-11/h11-12H,2-10H2,1H3. The van der Waals surface area contributed by atoms with Crippen LogP contribution in [-0.4, -0.2) is 37.8 Å². The van der Waals surface area contributed by atoms with E-state index in [9.17, 15) is 0 Å². The zero-order valence-corrected chi connectivity index (χ0v) is 10.1. The molecule has 0 unspecified atom stereocenters. The van der Waals surface area contributed by atoms with Crippen LogP contribution < -0.4 is 5.32 Å². The molecule has 0 amide bonds. The van der Waals surface area contributed by atoms with Gasteiger partial charge in [-0.3, -0.25) is 0 Å². The van der Waals surface area contributed by atoms with Gasteiger partial charge in [0, 0.05) is 19.3 Å². The van der Waals surface area contributed by atoms with Crippen LogP contribution in [0.4, 0.5) is 0 Å². The summed E-state index contributed by atoms with van der Waals surface area (Å²) in [6.07, 6.45) is 8.65. The lowest BCUT2D eigenvalue weighted by molar-refractivity contribution is 0.0780. The van der Waals surface area contributed by atoms with Crippen molar-refractivity contribution >= 4 is 11.8 Å². The third kappa shape index (κ3) is 5.89. The Morgan fingerprint density at radius 1 is 1.21 bits per heavy atom. The van der Waals surface area contributed by atoms with Crippen molar-refractivity contribution in [3.05, 3.63) is 0 Å². The van der Waals surface area contributed by atoms with Crippen molar-refractivity contribution in [3.63, 3.8) is 0 Å². The first-order valence-electron chi connectivity index (χ1n) is 5.73. The molecule has 0 radical (unpaired) electrons. The molecule has 1 saturated heterocycles. The SMILES string of the molecule is CSCCCCCNC1CCOCC1. The summed E-state index contributed by atoms with van der Waals surface area (Å²) < 4.78 is 5.32. The molecule has 0 aliphatic carbocycles. The number of nitrogens with one attached hydrogen (secondary N) is 1. The molecule has 1 aliphatic rings. The van der Waals surface area contributed by atoms with Crippen LogP contribution in [0.1, 0.15) is 32.1 Å². The molecule has 1 heterocycles. The van der Waals surface area contributed by atoms with Gasteiger partial charge in [-0.1, -0.05) is 6.42 Å². The molecule has 3 heteroatoms. The Morgan fingerprint density at radius 3 is 2.71 bits per heavy atom. The van der Waals surface area contributed by atoms with E-state index in [1.807, 2.05) is 11.8 Å². The Labute approximate surface area is 92.2 Å². The van der Waals surface area contributed by atoms with Crippen LogP contribution in [0.15, 0.2) is 0 Å². The molecule has 0 atom stereocenters. The quantitative estimate of drug-likeness (QED) is 0.661. The summed E-state index contributed by atoms with van der Waals surface area (Å²) in [7, 11) is 0. The highest BCUT2D eigenvalue weighted by Gasteiger charge is 2.11. The van der Waals surface area contributed by atoms with Crippen molar-refractivity contribution in [1.82, 2.24) is 5.32 Å². The Kier molecular flexibility index (Phi) is 7.55. The Bertz CT molecular complexity index is 126. The van der Waals surface area contributed by atoms with E-state index >= 15 is 0 Å². The lowest BCUT2D eigenvalue weighted by atomic mass is 10.1. The third-order valence-electron chi connectivity index (χ3n) is 2.68. The fourth-order valence-corrected chi connectivity index (χ4v) is 2.25. The Morgan fingerprint density at radius 2 is 2.00 bits per heavy atom. The molecule has 0 saturated carbocycles. The zero-order chi connectivity index (χ0) is 10.1. The van der Waals surface area contributed by atoms with Crippen molar-refractivity contribution in [1.29, 1.82) is 0 Å². The smallest absolute Gasteiger partial charge is 0.0480 e. The summed E-state index contributed by atoms with van der Waals surface area (Å²) in [6.45, 7) is 3.09. The normalized spacial score (nSPS) is 18.6. The van der Waals surface area contributed by atoms with Gasteiger partial charge in [-0.15, -0.1) is 0 Å². The van der Waals surface area contributed by atoms with Crippen LogP contribution in [0.5, 0.6) is 0 Å². The van der Waals surface area contributed by atoms with E-state index in [1.54, 1.807) is 0 Å². The van der Waals surface area contributed by atoms with Crippen molar-refractivity contribution in [2.24, 2.45) is 0 Å². The number of hydrogen-bond acceptors (Lipinski definition) is 3. The molecule has 0 aromatic carbocycles. The number of ether oxygens (including phenoxy) is 1. The summed E-state index contributed by atoms with van der Waals surface area (Å²) in [5.41, 5.74) is 0. The minimum Gasteiger partial charge on any atom is -0.381 e. The fourth-order valence-electron chi connectivity index (χ4n) is 1.76. The predicted octanol–water partition coefficient (Wildman–Crippen LogP) is 2.29. The second kappa shape index (κ2) is 8.57. The highest BCUT2D eigenvalue weighted by atomic mass is 32.2. The Balaban J connectivity index is 1.82. The van der Waals surface area contributed by atoms with Gasteiger partial charge in [0.25, 0.3) is 0 Å². The molecule has 0 aromatic heterocycles. The van der Waals surface area contributed by atoms with Crippen molar-refractivity contribution in [2.75, 3.05) is 31.8 Å². The molecular formula is C11H23NOS. The summed E-state index contributed by atoms with van der Waals surface area (Å²) in [5, 5.41) is 3.61. The van der Waals surface area contributed by atoms with Crippen molar-refractivity contribution in [3.8, 4) is 0 Å². The molecule has 14 heavy (non-hydrogen) atoms. The van der Waals surface area contributed by atoms with Gasteiger partial charge in [-0.25, -0.2) is 0 Å². The van der Waals surface area contributed by atoms with Crippen molar-refractivity contribution < 1.29 is 4.74 Å². The van der Waals surface area contributed by atoms with E-state index in [-0.39, 0.29) is 0 Å². The van der Waals surface area contributed by atoms with E-state index in [0.717, 1.165) is 19.3 Å². The first-order chi connectivity index (χ1) is 6.93. The van der Waals surface area contributed by atoms with Gasteiger partial charge in [0.2, 0.25) is 0 Å². The number of unbranched alkanes of at least 4 members (excludes halogenated alkanes) is 2. The average Bonchev–Trinajstić information content (AvgIpc) is 2.25. The first kappa shape index (κ1) is 12.3. The van der Waals surface area contributed by atoms with Crippen LogP contribution in [0, 0.1) is 0 Å². The summed E-state index contributed by atoms with van der Waals surface area (Å²) in [6, 6.07) is 0.726.